The number of hydrogen-bond acceptors (Lipinski definition) is 4. The van der Waals surface area contributed by atoms with Gasteiger partial charge in [-0.25, -0.2) is 14.2 Å². The first-order valence-corrected chi connectivity index (χ1v) is 6.90. The largest absolute Gasteiger partial charge is 0.467 e. The monoisotopic (exact) mass is 301 g/mol. The standard InChI is InChI=1S/C16H16FN3O2/c1-3-4-12-9-19-10-20(12)15(16(21)22-2)13-6-5-11(8-18)7-14(13)17/h5-7,9-10,15H,3-4H2,1-2H3. The van der Waals surface area contributed by atoms with E-state index in [1.165, 1.54) is 25.6 Å². The summed E-state index contributed by atoms with van der Waals surface area (Å²) in [5, 5.41) is 8.82. The second-order valence-corrected chi connectivity index (χ2v) is 4.82. The first-order valence-electron chi connectivity index (χ1n) is 6.90. The Bertz CT molecular complexity index is 718. The highest BCUT2D eigenvalue weighted by molar-refractivity contribution is 5.78. The molecule has 0 aliphatic heterocycles. The van der Waals surface area contributed by atoms with Crippen molar-refractivity contribution in [3.8, 4) is 6.07 Å². The van der Waals surface area contributed by atoms with Crippen LogP contribution in [0.25, 0.3) is 0 Å². The van der Waals surface area contributed by atoms with E-state index in [1.807, 2.05) is 13.0 Å². The summed E-state index contributed by atoms with van der Waals surface area (Å²) in [7, 11) is 1.26. The van der Waals surface area contributed by atoms with Crippen LogP contribution in [0.2, 0.25) is 0 Å². The van der Waals surface area contributed by atoms with Gasteiger partial charge in [-0.15, -0.1) is 0 Å². The topological polar surface area (TPSA) is 67.9 Å². The summed E-state index contributed by atoms with van der Waals surface area (Å²) in [6.07, 6.45) is 4.73. The third-order valence-corrected chi connectivity index (χ3v) is 3.38. The average Bonchev–Trinajstić information content (AvgIpc) is 2.97. The molecule has 0 aliphatic carbocycles. The summed E-state index contributed by atoms with van der Waals surface area (Å²) >= 11 is 0. The molecule has 0 N–H and O–H groups in total. The molecular weight excluding hydrogens is 285 g/mol. The van der Waals surface area contributed by atoms with Gasteiger partial charge in [0, 0.05) is 17.5 Å². The summed E-state index contributed by atoms with van der Waals surface area (Å²) in [6, 6.07) is 4.94. The van der Waals surface area contributed by atoms with E-state index in [0.29, 0.717) is 6.42 Å². The number of hydrogen-bond donors (Lipinski definition) is 0. The number of imidazole rings is 1. The molecule has 114 valence electrons. The number of rotatable bonds is 5. The lowest BCUT2D eigenvalue weighted by molar-refractivity contribution is -0.143. The molecule has 0 aliphatic rings. The Hall–Kier alpha value is -2.68. The first kappa shape index (κ1) is 15.7. The van der Waals surface area contributed by atoms with E-state index in [2.05, 4.69) is 4.98 Å². The Kier molecular flexibility index (Phi) is 4.89. The van der Waals surface area contributed by atoms with Crippen molar-refractivity contribution in [3.63, 3.8) is 0 Å². The Morgan fingerprint density at radius 2 is 2.32 bits per heavy atom. The van der Waals surface area contributed by atoms with Crippen molar-refractivity contribution in [2.24, 2.45) is 0 Å². The maximum atomic E-state index is 14.3. The summed E-state index contributed by atoms with van der Waals surface area (Å²) < 4.78 is 20.7. The number of aromatic nitrogens is 2. The minimum absolute atomic E-state index is 0.154. The number of methoxy groups -OCH3 is 1. The van der Waals surface area contributed by atoms with Gasteiger partial charge < -0.3 is 9.30 Å². The normalized spacial score (nSPS) is 11.7. The number of nitriles is 1. The van der Waals surface area contributed by atoms with E-state index in [4.69, 9.17) is 10.00 Å². The van der Waals surface area contributed by atoms with Gasteiger partial charge in [0.2, 0.25) is 0 Å². The predicted octanol–water partition coefficient (Wildman–Crippen LogP) is 2.61. The lowest BCUT2D eigenvalue weighted by Gasteiger charge is -2.19. The van der Waals surface area contributed by atoms with Crippen molar-refractivity contribution in [1.82, 2.24) is 9.55 Å². The highest BCUT2D eigenvalue weighted by atomic mass is 19.1. The number of esters is 1. The van der Waals surface area contributed by atoms with Gasteiger partial charge in [0.25, 0.3) is 0 Å². The van der Waals surface area contributed by atoms with Crippen LogP contribution in [0.3, 0.4) is 0 Å². The van der Waals surface area contributed by atoms with Gasteiger partial charge in [-0.05, 0) is 18.6 Å². The van der Waals surface area contributed by atoms with Crippen molar-refractivity contribution < 1.29 is 13.9 Å². The molecule has 0 spiro atoms. The van der Waals surface area contributed by atoms with Crippen molar-refractivity contribution in [1.29, 1.82) is 5.26 Å². The zero-order valence-corrected chi connectivity index (χ0v) is 12.4. The fourth-order valence-corrected chi connectivity index (χ4v) is 2.33. The predicted molar refractivity (Wildman–Crippen MR) is 77.5 cm³/mol. The minimum Gasteiger partial charge on any atom is -0.467 e. The number of aryl methyl sites for hydroxylation is 1. The third kappa shape index (κ3) is 2.98. The van der Waals surface area contributed by atoms with Crippen LogP contribution in [-0.2, 0) is 16.0 Å². The van der Waals surface area contributed by atoms with Crippen molar-refractivity contribution in [2.75, 3.05) is 7.11 Å². The van der Waals surface area contributed by atoms with Crippen LogP contribution >= 0.6 is 0 Å². The van der Waals surface area contributed by atoms with E-state index < -0.39 is 17.8 Å². The third-order valence-electron chi connectivity index (χ3n) is 3.38. The SMILES string of the molecule is CCCc1cncn1C(C(=O)OC)c1ccc(C#N)cc1F. The van der Waals surface area contributed by atoms with Gasteiger partial charge in [-0.3, -0.25) is 0 Å². The molecule has 1 atom stereocenters. The maximum Gasteiger partial charge on any atom is 0.333 e. The molecule has 1 unspecified atom stereocenters. The molecule has 0 fully saturated rings. The maximum absolute atomic E-state index is 14.3. The highest BCUT2D eigenvalue weighted by Gasteiger charge is 2.28. The molecule has 2 rings (SSSR count). The molecule has 1 aromatic heterocycles. The van der Waals surface area contributed by atoms with Gasteiger partial charge in [0.05, 0.1) is 25.1 Å². The van der Waals surface area contributed by atoms with Crippen LogP contribution in [-0.4, -0.2) is 22.6 Å². The summed E-state index contributed by atoms with van der Waals surface area (Å²) in [5.74, 6) is -1.20. The molecule has 0 amide bonds. The number of benzene rings is 1. The highest BCUT2D eigenvalue weighted by Crippen LogP contribution is 2.25. The molecular formula is C16H16FN3O2. The number of halogens is 1. The Labute approximate surface area is 128 Å². The van der Waals surface area contributed by atoms with Gasteiger partial charge in [-0.1, -0.05) is 19.4 Å². The lowest BCUT2D eigenvalue weighted by Crippen LogP contribution is -2.24. The quantitative estimate of drug-likeness (QED) is 0.796. The van der Waals surface area contributed by atoms with Gasteiger partial charge in [0.15, 0.2) is 6.04 Å². The smallest absolute Gasteiger partial charge is 0.333 e. The number of nitrogens with zero attached hydrogens (tertiary/aromatic N) is 3. The molecule has 0 saturated carbocycles. The first-order chi connectivity index (χ1) is 10.6. The minimum atomic E-state index is -0.957. The van der Waals surface area contributed by atoms with E-state index in [-0.39, 0.29) is 11.1 Å². The van der Waals surface area contributed by atoms with E-state index in [9.17, 15) is 9.18 Å². The molecule has 22 heavy (non-hydrogen) atoms. The fourth-order valence-electron chi connectivity index (χ4n) is 2.33. The van der Waals surface area contributed by atoms with Crippen LogP contribution in [0.15, 0.2) is 30.7 Å². The van der Waals surface area contributed by atoms with Crippen LogP contribution in [0.5, 0.6) is 0 Å². The number of carbonyl (C=O) groups excluding carboxylic acids is 1. The Balaban J connectivity index is 2.54. The summed E-state index contributed by atoms with van der Waals surface area (Å²) in [4.78, 5) is 16.2. The van der Waals surface area contributed by atoms with E-state index in [1.54, 1.807) is 10.8 Å². The van der Waals surface area contributed by atoms with Gasteiger partial charge in [-0.2, -0.15) is 5.26 Å². The molecule has 0 saturated heterocycles. The fraction of sp³-hybridized carbons (Fsp3) is 0.312. The molecule has 0 bridgehead atoms. The second kappa shape index (κ2) is 6.85. The Morgan fingerprint density at radius 1 is 1.55 bits per heavy atom. The van der Waals surface area contributed by atoms with E-state index >= 15 is 0 Å². The van der Waals surface area contributed by atoms with E-state index in [0.717, 1.165) is 18.2 Å². The average molecular weight is 301 g/mol. The molecule has 1 heterocycles. The lowest BCUT2D eigenvalue weighted by atomic mass is 10.0. The molecule has 2 aromatic rings. The van der Waals surface area contributed by atoms with Crippen molar-refractivity contribution in [3.05, 3.63) is 53.4 Å². The summed E-state index contributed by atoms with van der Waals surface area (Å²) in [6.45, 7) is 2.01. The van der Waals surface area contributed by atoms with Gasteiger partial charge in [0.1, 0.15) is 5.82 Å². The molecule has 0 radical (unpaired) electrons. The van der Waals surface area contributed by atoms with Crippen LogP contribution in [0.1, 0.15) is 36.2 Å². The molecule has 5 nitrogen and oxygen atoms in total. The zero-order valence-electron chi connectivity index (χ0n) is 12.4. The molecule has 1 aromatic carbocycles. The zero-order chi connectivity index (χ0) is 16.1. The van der Waals surface area contributed by atoms with Crippen molar-refractivity contribution in [2.45, 2.75) is 25.8 Å². The molecule has 6 heteroatoms. The van der Waals surface area contributed by atoms with Crippen molar-refractivity contribution >= 4 is 5.97 Å². The van der Waals surface area contributed by atoms with Crippen LogP contribution < -0.4 is 0 Å². The van der Waals surface area contributed by atoms with Crippen LogP contribution in [0, 0.1) is 17.1 Å². The van der Waals surface area contributed by atoms with Gasteiger partial charge >= 0.3 is 5.97 Å². The van der Waals surface area contributed by atoms with Crippen LogP contribution in [0.4, 0.5) is 4.39 Å². The number of carbonyl (C=O) groups is 1. The number of ether oxygens (including phenoxy) is 1. The summed E-state index contributed by atoms with van der Waals surface area (Å²) in [5.41, 5.74) is 1.17. The second-order valence-electron chi connectivity index (χ2n) is 4.82. The Morgan fingerprint density at radius 3 is 2.91 bits per heavy atom.